The van der Waals surface area contributed by atoms with Crippen LogP contribution in [0.25, 0.3) is 0 Å². The van der Waals surface area contributed by atoms with E-state index in [4.69, 9.17) is 15.2 Å². The third-order valence-corrected chi connectivity index (χ3v) is 12.7. The Bertz CT molecular complexity index is 943. The normalized spacial score (nSPS) is 46.1. The van der Waals surface area contributed by atoms with Gasteiger partial charge >= 0.3 is 5.97 Å². The topological polar surface area (TPSA) is 81.8 Å². The van der Waals surface area contributed by atoms with Gasteiger partial charge in [0.05, 0.1) is 6.61 Å². The number of carbonyl (C=O) groups excluding carboxylic acids is 1. The summed E-state index contributed by atoms with van der Waals surface area (Å²) in [5.41, 5.74) is 10.7. The molecule has 0 bridgehead atoms. The molecule has 3 fully saturated rings. The van der Waals surface area contributed by atoms with Gasteiger partial charge in [0.2, 0.25) is 0 Å². The van der Waals surface area contributed by atoms with Crippen molar-refractivity contribution in [2.45, 2.75) is 144 Å². The van der Waals surface area contributed by atoms with Gasteiger partial charge in [-0.05, 0) is 111 Å². The lowest BCUT2D eigenvalue weighted by Crippen LogP contribution is -2.68. The summed E-state index contributed by atoms with van der Waals surface area (Å²) in [5, 5.41) is 10.0. The van der Waals surface area contributed by atoms with Gasteiger partial charge in [-0.1, -0.05) is 54.0 Å². The minimum Gasteiger partial charge on any atom is -0.462 e. The molecule has 0 aromatic carbocycles. The molecule has 4 rings (SSSR count). The molecule has 0 aromatic heterocycles. The van der Waals surface area contributed by atoms with Crippen molar-refractivity contribution in [2.24, 2.45) is 45.1 Å². The summed E-state index contributed by atoms with van der Waals surface area (Å²) in [6.45, 7) is 20.7. The largest absolute Gasteiger partial charge is 0.462 e. The summed E-state index contributed by atoms with van der Waals surface area (Å²) in [6, 6.07) is 0. The van der Waals surface area contributed by atoms with Gasteiger partial charge in [-0.25, -0.2) is 0 Å². The van der Waals surface area contributed by atoms with Crippen LogP contribution in [-0.4, -0.2) is 35.6 Å². The predicted octanol–water partition coefficient (Wildman–Crippen LogP) is 7.16. The summed E-state index contributed by atoms with van der Waals surface area (Å²) in [6.07, 6.45) is 10.2. The smallest absolute Gasteiger partial charge is 0.302 e. The minimum absolute atomic E-state index is 0.0349. The number of hydrogen-bond acceptors (Lipinski definition) is 5. The third kappa shape index (κ3) is 4.51. The van der Waals surface area contributed by atoms with Crippen LogP contribution >= 0.6 is 0 Å². The van der Waals surface area contributed by atoms with E-state index in [1.165, 1.54) is 24.8 Å². The van der Waals surface area contributed by atoms with E-state index in [9.17, 15) is 9.90 Å². The van der Waals surface area contributed by atoms with Crippen molar-refractivity contribution in [1.82, 2.24) is 0 Å². The fourth-order valence-electron chi connectivity index (χ4n) is 10.4. The van der Waals surface area contributed by atoms with Gasteiger partial charge < -0.3 is 20.3 Å². The molecule has 3 saturated carbocycles. The van der Waals surface area contributed by atoms with E-state index in [0.717, 1.165) is 44.9 Å². The van der Waals surface area contributed by atoms with E-state index in [1.54, 1.807) is 19.4 Å². The van der Waals surface area contributed by atoms with Crippen LogP contribution in [0.3, 0.4) is 0 Å². The number of fused-ring (bicyclic) bond motifs is 2. The van der Waals surface area contributed by atoms with Crippen molar-refractivity contribution in [2.75, 3.05) is 6.61 Å². The van der Waals surface area contributed by atoms with E-state index in [2.05, 4.69) is 48.5 Å². The van der Waals surface area contributed by atoms with Crippen LogP contribution in [0.1, 0.15) is 127 Å². The highest BCUT2D eigenvalue weighted by molar-refractivity contribution is 5.66. The van der Waals surface area contributed by atoms with Gasteiger partial charge in [-0.2, -0.15) is 0 Å². The summed E-state index contributed by atoms with van der Waals surface area (Å²) < 4.78 is 11.7. The lowest BCUT2D eigenvalue weighted by molar-refractivity contribution is -0.172. The number of esters is 1. The highest BCUT2D eigenvalue weighted by Crippen LogP contribution is 2.71. The van der Waals surface area contributed by atoms with Crippen LogP contribution in [0.5, 0.6) is 0 Å². The molecule has 0 amide bonds. The molecule has 38 heavy (non-hydrogen) atoms. The predicted molar refractivity (Wildman–Crippen MR) is 153 cm³/mol. The van der Waals surface area contributed by atoms with Crippen LogP contribution in [0.4, 0.5) is 0 Å². The molecule has 0 heterocycles. The Balaban J connectivity index is 1.72. The Morgan fingerprint density at radius 2 is 1.76 bits per heavy atom. The first-order valence-electron chi connectivity index (χ1n) is 15.6. The Kier molecular flexibility index (Phi) is 8.05. The molecule has 0 spiro atoms. The van der Waals surface area contributed by atoms with E-state index in [1.807, 2.05) is 0 Å². The number of allylic oxidation sites excluding steroid dienone is 1. The van der Waals surface area contributed by atoms with Crippen LogP contribution in [0.15, 0.2) is 11.1 Å². The van der Waals surface area contributed by atoms with Gasteiger partial charge in [0.15, 0.2) is 6.29 Å². The fourth-order valence-corrected chi connectivity index (χ4v) is 10.4. The Morgan fingerprint density at radius 3 is 2.34 bits per heavy atom. The molecule has 5 heteroatoms. The molecule has 8 unspecified atom stereocenters. The molecular formula is C33H57NO4. The number of aliphatic hydroxyl groups excluding tert-OH is 1. The molecule has 4 aliphatic rings. The van der Waals surface area contributed by atoms with Crippen molar-refractivity contribution in [3.05, 3.63) is 11.1 Å². The van der Waals surface area contributed by atoms with E-state index >= 15 is 0 Å². The first-order chi connectivity index (χ1) is 17.6. The number of ether oxygens (including phenoxy) is 2. The highest BCUT2D eigenvalue weighted by Gasteiger charge is 2.67. The van der Waals surface area contributed by atoms with E-state index in [-0.39, 0.29) is 33.7 Å². The number of carbonyl (C=O) groups is 1. The van der Waals surface area contributed by atoms with Crippen LogP contribution < -0.4 is 5.73 Å². The summed E-state index contributed by atoms with van der Waals surface area (Å²) in [4.78, 5) is 11.8. The number of nitrogens with two attached hydrogens (primary N) is 1. The third-order valence-electron chi connectivity index (χ3n) is 12.7. The van der Waals surface area contributed by atoms with Gasteiger partial charge in [0.1, 0.15) is 6.10 Å². The van der Waals surface area contributed by atoms with Crippen molar-refractivity contribution in [1.29, 1.82) is 0 Å². The SMILES string of the molecule is CCC1(N)C2=C(C(C)C)CCC2(COC(C)O)CC[C@@]1(C)C1(C)CCC2C(C)C(OC(C)=O)CCC2(C)C1. The molecule has 4 aliphatic carbocycles. The maximum Gasteiger partial charge on any atom is 0.302 e. The van der Waals surface area contributed by atoms with Crippen molar-refractivity contribution >= 4 is 5.97 Å². The van der Waals surface area contributed by atoms with E-state index < -0.39 is 11.8 Å². The van der Waals surface area contributed by atoms with Crippen LogP contribution in [-0.2, 0) is 14.3 Å². The van der Waals surface area contributed by atoms with Gasteiger partial charge in [0.25, 0.3) is 0 Å². The van der Waals surface area contributed by atoms with Gasteiger partial charge in [-0.15, -0.1) is 0 Å². The Hall–Kier alpha value is -0.910. The molecule has 218 valence electrons. The first-order valence-corrected chi connectivity index (χ1v) is 15.6. The molecule has 0 aromatic rings. The Morgan fingerprint density at radius 1 is 1.08 bits per heavy atom. The summed E-state index contributed by atoms with van der Waals surface area (Å²) >= 11 is 0. The van der Waals surface area contributed by atoms with Gasteiger partial charge in [0, 0.05) is 17.9 Å². The Labute approximate surface area is 232 Å². The fraction of sp³-hybridized carbons (Fsp3) is 0.909. The molecule has 0 aliphatic heterocycles. The summed E-state index contributed by atoms with van der Waals surface area (Å²) in [7, 11) is 0. The summed E-state index contributed by atoms with van der Waals surface area (Å²) in [5.74, 6) is 1.29. The molecule has 3 N–H and O–H groups in total. The van der Waals surface area contributed by atoms with E-state index in [0.29, 0.717) is 24.4 Å². The maximum atomic E-state index is 11.8. The number of rotatable bonds is 7. The quantitative estimate of drug-likeness (QED) is 0.207. The van der Waals surface area contributed by atoms with Gasteiger partial charge in [-0.3, -0.25) is 4.79 Å². The maximum absolute atomic E-state index is 11.8. The molecule has 9 atom stereocenters. The minimum atomic E-state index is -0.757. The van der Waals surface area contributed by atoms with Crippen LogP contribution in [0, 0.1) is 39.4 Å². The first kappa shape index (κ1) is 30.1. The lowest BCUT2D eigenvalue weighted by Gasteiger charge is -2.67. The zero-order chi connectivity index (χ0) is 28.3. The van der Waals surface area contributed by atoms with Crippen molar-refractivity contribution < 1.29 is 19.4 Å². The van der Waals surface area contributed by atoms with Crippen molar-refractivity contribution in [3.63, 3.8) is 0 Å². The highest BCUT2D eigenvalue weighted by atomic mass is 16.6. The second kappa shape index (κ2) is 10.2. The van der Waals surface area contributed by atoms with Crippen LogP contribution in [0.2, 0.25) is 0 Å². The average molecular weight is 532 g/mol. The average Bonchev–Trinajstić information content (AvgIpc) is 3.23. The molecular weight excluding hydrogens is 474 g/mol. The number of aliphatic hydroxyl groups is 1. The zero-order valence-corrected chi connectivity index (χ0v) is 25.9. The standard InChI is InChI=1S/C33H57NO4/c1-10-33(34)28-25(21(2)3)11-16-32(28,20-37-23(5)35)18-17-31(33,9)30(8)15-12-26-22(4)27(38-24(6)36)13-14-29(26,7)19-30/h21-23,26-27,35H,10-20,34H2,1-9H3/t22?,23?,26?,27?,29?,30?,31-,32?,33?/m0/s1. The van der Waals surface area contributed by atoms with Crippen molar-refractivity contribution in [3.8, 4) is 0 Å². The molecule has 0 radical (unpaired) electrons. The molecule has 0 saturated heterocycles. The lowest BCUT2D eigenvalue weighted by atomic mass is 9.38. The monoisotopic (exact) mass is 531 g/mol. The molecule has 5 nitrogen and oxygen atoms in total. The second-order valence-electron chi connectivity index (χ2n) is 15.0. The zero-order valence-electron chi connectivity index (χ0n) is 25.9. The second-order valence-corrected chi connectivity index (χ2v) is 15.0. The number of hydrogen-bond donors (Lipinski definition) is 2.